The van der Waals surface area contributed by atoms with Gasteiger partial charge in [-0.2, -0.15) is 0 Å². The van der Waals surface area contributed by atoms with Crippen LogP contribution in [0, 0.1) is 0 Å². The average Bonchev–Trinajstić information content (AvgIpc) is 2.17. The van der Waals surface area contributed by atoms with Gasteiger partial charge in [-0.1, -0.05) is 6.07 Å². The van der Waals surface area contributed by atoms with Gasteiger partial charge in [-0.15, -0.1) is 0 Å². The van der Waals surface area contributed by atoms with Crippen molar-refractivity contribution >= 4 is 9.84 Å². The number of hydrogen-bond donors (Lipinski definition) is 1. The average molecular weight is 214 g/mol. The van der Waals surface area contributed by atoms with Crippen molar-refractivity contribution in [2.24, 2.45) is 5.73 Å². The zero-order valence-corrected chi connectivity index (χ0v) is 9.08. The molecule has 0 bridgehead atoms. The molecule has 78 valence electrons. The molecule has 1 rings (SSSR count). The van der Waals surface area contributed by atoms with E-state index in [4.69, 9.17) is 5.73 Å². The van der Waals surface area contributed by atoms with E-state index in [0.717, 1.165) is 5.56 Å². The summed E-state index contributed by atoms with van der Waals surface area (Å²) in [5.74, 6) is 0. The SMILES string of the molecule is CC(C)S(=O)(=O)c1ccc(CN)cn1. The second-order valence-corrected chi connectivity index (χ2v) is 5.75. The predicted molar refractivity (Wildman–Crippen MR) is 54.5 cm³/mol. The Morgan fingerprint density at radius 1 is 1.43 bits per heavy atom. The van der Waals surface area contributed by atoms with Gasteiger partial charge in [0.1, 0.15) is 0 Å². The molecule has 1 aromatic heterocycles. The Morgan fingerprint density at radius 3 is 2.43 bits per heavy atom. The van der Waals surface area contributed by atoms with Crippen LogP contribution < -0.4 is 5.73 Å². The summed E-state index contributed by atoms with van der Waals surface area (Å²) in [6.45, 7) is 3.64. The van der Waals surface area contributed by atoms with Crippen LogP contribution in [0.1, 0.15) is 19.4 Å². The molecule has 0 unspecified atom stereocenters. The molecule has 0 fully saturated rings. The number of nitrogens with zero attached hydrogens (tertiary/aromatic N) is 1. The summed E-state index contributed by atoms with van der Waals surface area (Å²) in [6.07, 6.45) is 1.50. The minimum Gasteiger partial charge on any atom is -0.326 e. The molecule has 0 aliphatic carbocycles. The Hall–Kier alpha value is -0.940. The maximum atomic E-state index is 11.6. The van der Waals surface area contributed by atoms with Crippen LogP contribution in [0.4, 0.5) is 0 Å². The van der Waals surface area contributed by atoms with E-state index in [0.29, 0.717) is 6.54 Å². The minimum absolute atomic E-state index is 0.115. The molecular weight excluding hydrogens is 200 g/mol. The highest BCUT2D eigenvalue weighted by Crippen LogP contribution is 2.13. The van der Waals surface area contributed by atoms with Gasteiger partial charge in [0.2, 0.25) is 0 Å². The fourth-order valence-electron chi connectivity index (χ4n) is 0.941. The third-order valence-corrected chi connectivity index (χ3v) is 4.01. The summed E-state index contributed by atoms with van der Waals surface area (Å²) >= 11 is 0. The fourth-order valence-corrected chi connectivity index (χ4v) is 1.88. The normalized spacial score (nSPS) is 12.0. The van der Waals surface area contributed by atoms with Crippen molar-refractivity contribution < 1.29 is 8.42 Å². The molecular formula is C9H14N2O2S. The second-order valence-electron chi connectivity index (χ2n) is 3.30. The zero-order valence-electron chi connectivity index (χ0n) is 8.27. The first-order valence-electron chi connectivity index (χ1n) is 4.37. The second kappa shape index (κ2) is 4.06. The first-order valence-corrected chi connectivity index (χ1v) is 5.92. The molecule has 0 saturated heterocycles. The summed E-state index contributed by atoms with van der Waals surface area (Å²) in [5.41, 5.74) is 6.21. The molecule has 0 atom stereocenters. The number of pyridine rings is 1. The van der Waals surface area contributed by atoms with Gasteiger partial charge in [0.25, 0.3) is 0 Å². The molecule has 1 heterocycles. The first-order chi connectivity index (χ1) is 6.48. The van der Waals surface area contributed by atoms with E-state index in [9.17, 15) is 8.42 Å². The Bertz CT molecular complexity index is 395. The van der Waals surface area contributed by atoms with Gasteiger partial charge >= 0.3 is 0 Å². The summed E-state index contributed by atoms with van der Waals surface area (Å²) in [6, 6.07) is 3.18. The lowest BCUT2D eigenvalue weighted by molar-refractivity contribution is 0.583. The topological polar surface area (TPSA) is 73.0 Å². The van der Waals surface area contributed by atoms with E-state index in [1.165, 1.54) is 12.3 Å². The van der Waals surface area contributed by atoms with Crippen LogP contribution in [-0.2, 0) is 16.4 Å². The van der Waals surface area contributed by atoms with E-state index >= 15 is 0 Å². The third kappa shape index (κ3) is 2.10. The van der Waals surface area contributed by atoms with Gasteiger partial charge in [-0.25, -0.2) is 13.4 Å². The number of aromatic nitrogens is 1. The summed E-state index contributed by atoms with van der Waals surface area (Å²) in [7, 11) is -3.25. The molecule has 0 radical (unpaired) electrons. The third-order valence-electron chi connectivity index (χ3n) is 1.95. The van der Waals surface area contributed by atoms with Gasteiger partial charge in [0.05, 0.1) is 5.25 Å². The molecule has 2 N–H and O–H groups in total. The summed E-state index contributed by atoms with van der Waals surface area (Å²) in [5, 5.41) is -0.330. The van der Waals surface area contributed by atoms with Gasteiger partial charge < -0.3 is 5.73 Å². The molecule has 0 aliphatic heterocycles. The molecule has 0 amide bonds. The Kier molecular flexibility index (Phi) is 3.23. The van der Waals surface area contributed by atoms with Crippen molar-refractivity contribution in [1.29, 1.82) is 0 Å². The lowest BCUT2D eigenvalue weighted by Gasteiger charge is -2.06. The van der Waals surface area contributed by atoms with Crippen LogP contribution >= 0.6 is 0 Å². The van der Waals surface area contributed by atoms with Gasteiger partial charge in [0, 0.05) is 12.7 Å². The van der Waals surface area contributed by atoms with Gasteiger partial charge in [-0.05, 0) is 25.5 Å². The van der Waals surface area contributed by atoms with Crippen molar-refractivity contribution in [3.05, 3.63) is 23.9 Å². The fraction of sp³-hybridized carbons (Fsp3) is 0.444. The quantitative estimate of drug-likeness (QED) is 0.804. The van der Waals surface area contributed by atoms with E-state index < -0.39 is 15.1 Å². The predicted octanol–water partition coefficient (Wildman–Crippen LogP) is 0.722. The number of nitrogens with two attached hydrogens (primary N) is 1. The highest BCUT2D eigenvalue weighted by atomic mass is 32.2. The van der Waals surface area contributed by atoms with Crippen LogP contribution in [0.3, 0.4) is 0 Å². The molecule has 14 heavy (non-hydrogen) atoms. The van der Waals surface area contributed by atoms with Crippen molar-refractivity contribution in [2.75, 3.05) is 0 Å². The van der Waals surface area contributed by atoms with Crippen molar-refractivity contribution in [3.8, 4) is 0 Å². The maximum Gasteiger partial charge on any atom is 0.197 e. The Morgan fingerprint density at radius 2 is 2.07 bits per heavy atom. The van der Waals surface area contributed by atoms with Crippen LogP contribution in [-0.4, -0.2) is 18.7 Å². The molecule has 0 aliphatic rings. The van der Waals surface area contributed by atoms with E-state index in [-0.39, 0.29) is 5.03 Å². The molecule has 1 aromatic rings. The molecule has 5 heteroatoms. The number of hydrogen-bond acceptors (Lipinski definition) is 4. The Balaban J connectivity index is 3.10. The number of rotatable bonds is 3. The van der Waals surface area contributed by atoms with Gasteiger partial charge in [0.15, 0.2) is 14.9 Å². The monoisotopic (exact) mass is 214 g/mol. The minimum atomic E-state index is -3.25. The van der Waals surface area contributed by atoms with E-state index in [1.54, 1.807) is 19.9 Å². The summed E-state index contributed by atoms with van der Waals surface area (Å²) < 4.78 is 23.3. The molecule has 4 nitrogen and oxygen atoms in total. The van der Waals surface area contributed by atoms with E-state index in [1.807, 2.05) is 0 Å². The highest BCUT2D eigenvalue weighted by Gasteiger charge is 2.19. The molecule has 0 saturated carbocycles. The molecule has 0 spiro atoms. The lowest BCUT2D eigenvalue weighted by atomic mass is 10.3. The van der Waals surface area contributed by atoms with Crippen LogP contribution in [0.5, 0.6) is 0 Å². The lowest BCUT2D eigenvalue weighted by Crippen LogP contribution is -2.15. The Labute approximate surface area is 84.1 Å². The maximum absolute atomic E-state index is 11.6. The van der Waals surface area contributed by atoms with Crippen molar-refractivity contribution in [1.82, 2.24) is 4.98 Å². The van der Waals surface area contributed by atoms with E-state index in [2.05, 4.69) is 4.98 Å². The van der Waals surface area contributed by atoms with Gasteiger partial charge in [-0.3, -0.25) is 0 Å². The standard InChI is InChI=1S/C9H14N2O2S/c1-7(2)14(12,13)9-4-3-8(5-10)6-11-9/h3-4,6-7H,5,10H2,1-2H3. The number of sulfone groups is 1. The largest absolute Gasteiger partial charge is 0.326 e. The van der Waals surface area contributed by atoms with Crippen LogP contribution in [0.25, 0.3) is 0 Å². The van der Waals surface area contributed by atoms with Crippen LogP contribution in [0.15, 0.2) is 23.4 Å². The zero-order chi connectivity index (χ0) is 10.8. The summed E-state index contributed by atoms with van der Waals surface area (Å²) in [4.78, 5) is 3.87. The first kappa shape index (κ1) is 11.1. The van der Waals surface area contributed by atoms with Crippen molar-refractivity contribution in [3.63, 3.8) is 0 Å². The van der Waals surface area contributed by atoms with Crippen LogP contribution in [0.2, 0.25) is 0 Å². The molecule has 0 aromatic carbocycles. The highest BCUT2D eigenvalue weighted by molar-refractivity contribution is 7.91. The smallest absolute Gasteiger partial charge is 0.197 e. The van der Waals surface area contributed by atoms with Crippen molar-refractivity contribution in [2.45, 2.75) is 30.7 Å².